The number of ether oxygens (including phenoxy) is 2. The molecule has 0 amide bonds. The van der Waals surface area contributed by atoms with E-state index in [0.717, 1.165) is 17.0 Å². The zero-order valence-electron chi connectivity index (χ0n) is 9.87. The van der Waals surface area contributed by atoms with Crippen molar-refractivity contribution in [2.75, 3.05) is 26.1 Å². The summed E-state index contributed by atoms with van der Waals surface area (Å²) in [6.07, 6.45) is 0.341. The highest BCUT2D eigenvalue weighted by Crippen LogP contribution is 2.24. The van der Waals surface area contributed by atoms with Gasteiger partial charge in [0.15, 0.2) is 0 Å². The number of methoxy groups -OCH3 is 2. The van der Waals surface area contributed by atoms with Crippen molar-refractivity contribution in [3.8, 4) is 5.75 Å². The van der Waals surface area contributed by atoms with Gasteiger partial charge >= 0.3 is 5.97 Å². The normalized spacial score (nSPS) is 9.69. The third kappa shape index (κ3) is 3.46. The van der Waals surface area contributed by atoms with Gasteiger partial charge in [-0.05, 0) is 24.6 Å². The Morgan fingerprint density at radius 3 is 2.75 bits per heavy atom. The van der Waals surface area contributed by atoms with Crippen LogP contribution < -0.4 is 10.1 Å². The molecule has 16 heavy (non-hydrogen) atoms. The maximum atomic E-state index is 10.9. The van der Waals surface area contributed by atoms with Crippen LogP contribution in [0.3, 0.4) is 0 Å². The first-order valence-corrected chi connectivity index (χ1v) is 5.12. The summed E-state index contributed by atoms with van der Waals surface area (Å²) < 4.78 is 9.76. The van der Waals surface area contributed by atoms with Gasteiger partial charge in [0.2, 0.25) is 0 Å². The highest BCUT2D eigenvalue weighted by Gasteiger charge is 2.04. The van der Waals surface area contributed by atoms with E-state index in [9.17, 15) is 4.79 Å². The van der Waals surface area contributed by atoms with E-state index in [4.69, 9.17) is 4.74 Å². The van der Waals surface area contributed by atoms with Crippen LogP contribution in [0.15, 0.2) is 18.2 Å². The van der Waals surface area contributed by atoms with Crippen molar-refractivity contribution in [1.29, 1.82) is 0 Å². The molecule has 0 heterocycles. The molecule has 0 spiro atoms. The van der Waals surface area contributed by atoms with E-state index in [1.165, 1.54) is 7.11 Å². The summed E-state index contributed by atoms with van der Waals surface area (Å²) in [4.78, 5) is 10.9. The first-order chi connectivity index (χ1) is 7.67. The lowest BCUT2D eigenvalue weighted by atomic mass is 10.2. The van der Waals surface area contributed by atoms with Crippen LogP contribution in [0.1, 0.15) is 12.0 Å². The zero-order valence-corrected chi connectivity index (χ0v) is 9.87. The Kier molecular flexibility index (Phi) is 4.64. The van der Waals surface area contributed by atoms with Crippen molar-refractivity contribution >= 4 is 11.7 Å². The largest absolute Gasteiger partial charge is 0.495 e. The van der Waals surface area contributed by atoms with Gasteiger partial charge in [-0.3, -0.25) is 4.79 Å². The van der Waals surface area contributed by atoms with Crippen molar-refractivity contribution in [1.82, 2.24) is 0 Å². The van der Waals surface area contributed by atoms with Gasteiger partial charge in [-0.2, -0.15) is 0 Å². The van der Waals surface area contributed by atoms with E-state index >= 15 is 0 Å². The fourth-order valence-corrected chi connectivity index (χ4v) is 1.36. The predicted octanol–water partition coefficient (Wildman–Crippen LogP) is 1.98. The zero-order chi connectivity index (χ0) is 12.0. The number of carbonyl (C=O) groups excluding carboxylic acids is 1. The summed E-state index contributed by atoms with van der Waals surface area (Å²) in [7, 11) is 3.01. The number of nitrogens with one attached hydrogen (secondary N) is 1. The Bertz CT molecular complexity index is 363. The summed E-state index contributed by atoms with van der Waals surface area (Å²) in [5.74, 6) is 0.551. The Balaban J connectivity index is 2.58. The number of aryl methyl sites for hydroxylation is 1. The predicted molar refractivity (Wildman–Crippen MR) is 62.9 cm³/mol. The van der Waals surface area contributed by atoms with Crippen molar-refractivity contribution in [2.24, 2.45) is 0 Å². The molecule has 0 aliphatic heterocycles. The molecule has 0 bridgehead atoms. The molecule has 1 N–H and O–H groups in total. The van der Waals surface area contributed by atoms with Crippen molar-refractivity contribution in [2.45, 2.75) is 13.3 Å². The van der Waals surface area contributed by atoms with Gasteiger partial charge < -0.3 is 14.8 Å². The Morgan fingerprint density at radius 2 is 2.12 bits per heavy atom. The van der Waals surface area contributed by atoms with Gasteiger partial charge in [0.1, 0.15) is 5.75 Å². The van der Waals surface area contributed by atoms with Crippen LogP contribution in [0.2, 0.25) is 0 Å². The summed E-state index contributed by atoms with van der Waals surface area (Å²) in [5, 5.41) is 3.14. The molecule has 1 rings (SSSR count). The van der Waals surface area contributed by atoms with E-state index in [1.807, 2.05) is 25.1 Å². The molecule has 0 aromatic heterocycles. The average molecular weight is 223 g/mol. The quantitative estimate of drug-likeness (QED) is 0.775. The monoisotopic (exact) mass is 223 g/mol. The molecule has 88 valence electrons. The fraction of sp³-hybridized carbons (Fsp3) is 0.417. The van der Waals surface area contributed by atoms with Gasteiger partial charge in [0.05, 0.1) is 26.3 Å². The highest BCUT2D eigenvalue weighted by molar-refractivity contribution is 5.70. The van der Waals surface area contributed by atoms with Crippen LogP contribution in [0.25, 0.3) is 0 Å². The Labute approximate surface area is 95.6 Å². The number of hydrogen-bond acceptors (Lipinski definition) is 4. The fourth-order valence-electron chi connectivity index (χ4n) is 1.36. The average Bonchev–Trinajstić information content (AvgIpc) is 2.29. The summed E-state index contributed by atoms with van der Waals surface area (Å²) in [6.45, 7) is 2.54. The molecular weight excluding hydrogens is 206 g/mol. The lowest BCUT2D eigenvalue weighted by molar-refractivity contribution is -0.140. The molecule has 4 heteroatoms. The summed E-state index contributed by atoms with van der Waals surface area (Å²) >= 11 is 0. The molecule has 0 radical (unpaired) electrons. The first-order valence-electron chi connectivity index (χ1n) is 5.12. The number of hydrogen-bond donors (Lipinski definition) is 1. The molecule has 0 aliphatic rings. The third-order valence-electron chi connectivity index (χ3n) is 2.23. The minimum absolute atomic E-state index is 0.223. The van der Waals surface area contributed by atoms with Crippen molar-refractivity contribution in [3.63, 3.8) is 0 Å². The SMILES string of the molecule is COC(=O)CCNc1cc(C)ccc1OC. The second-order valence-electron chi connectivity index (χ2n) is 3.46. The number of carbonyl (C=O) groups is 1. The van der Waals surface area contributed by atoms with Crippen LogP contribution in [0.5, 0.6) is 5.75 Å². The lowest BCUT2D eigenvalue weighted by Gasteiger charge is -2.11. The van der Waals surface area contributed by atoms with Gasteiger partial charge in [-0.15, -0.1) is 0 Å². The van der Waals surface area contributed by atoms with Crippen molar-refractivity contribution < 1.29 is 14.3 Å². The molecule has 1 aromatic rings. The molecular formula is C12H17NO3. The Morgan fingerprint density at radius 1 is 1.38 bits per heavy atom. The summed E-state index contributed by atoms with van der Waals surface area (Å²) in [5.41, 5.74) is 2.03. The molecule has 0 fully saturated rings. The van der Waals surface area contributed by atoms with Crippen LogP contribution >= 0.6 is 0 Å². The topological polar surface area (TPSA) is 47.6 Å². The van der Waals surface area contributed by atoms with Gasteiger partial charge in [0.25, 0.3) is 0 Å². The minimum Gasteiger partial charge on any atom is -0.495 e. The minimum atomic E-state index is -0.223. The molecule has 4 nitrogen and oxygen atoms in total. The van der Waals surface area contributed by atoms with Gasteiger partial charge in [0, 0.05) is 6.54 Å². The number of benzene rings is 1. The maximum absolute atomic E-state index is 10.9. The van der Waals surface area contributed by atoms with Crippen molar-refractivity contribution in [3.05, 3.63) is 23.8 Å². The molecule has 0 aliphatic carbocycles. The van der Waals surface area contributed by atoms with Gasteiger partial charge in [-0.25, -0.2) is 0 Å². The van der Waals surface area contributed by atoms with E-state index in [1.54, 1.807) is 7.11 Å². The molecule has 0 saturated heterocycles. The second-order valence-corrected chi connectivity index (χ2v) is 3.46. The van der Waals surface area contributed by atoms with Crippen LogP contribution in [-0.2, 0) is 9.53 Å². The lowest BCUT2D eigenvalue weighted by Crippen LogP contribution is -2.10. The number of rotatable bonds is 5. The van der Waals surface area contributed by atoms with E-state index < -0.39 is 0 Å². The highest BCUT2D eigenvalue weighted by atomic mass is 16.5. The van der Waals surface area contributed by atoms with E-state index in [-0.39, 0.29) is 5.97 Å². The van der Waals surface area contributed by atoms with Crippen LogP contribution in [0.4, 0.5) is 5.69 Å². The summed E-state index contributed by atoms with van der Waals surface area (Å²) in [6, 6.07) is 5.86. The number of esters is 1. The van der Waals surface area contributed by atoms with E-state index in [2.05, 4.69) is 10.1 Å². The Hall–Kier alpha value is -1.71. The van der Waals surface area contributed by atoms with Crippen LogP contribution in [0, 0.1) is 6.92 Å². The first kappa shape index (κ1) is 12.4. The molecule has 0 atom stereocenters. The van der Waals surface area contributed by atoms with Crippen LogP contribution in [-0.4, -0.2) is 26.7 Å². The maximum Gasteiger partial charge on any atom is 0.307 e. The van der Waals surface area contributed by atoms with E-state index in [0.29, 0.717) is 13.0 Å². The third-order valence-corrected chi connectivity index (χ3v) is 2.23. The standard InChI is InChI=1S/C12H17NO3/c1-9-4-5-11(15-2)10(8-9)13-7-6-12(14)16-3/h4-5,8,13H,6-7H2,1-3H3. The van der Waals surface area contributed by atoms with Gasteiger partial charge in [-0.1, -0.05) is 6.07 Å². The molecule has 1 aromatic carbocycles. The second kappa shape index (κ2) is 6.00. The number of anilines is 1. The smallest absolute Gasteiger partial charge is 0.307 e. The molecule has 0 unspecified atom stereocenters. The molecule has 0 saturated carbocycles.